The third-order valence-corrected chi connectivity index (χ3v) is 3.40. The molecule has 0 fully saturated rings. The van der Waals surface area contributed by atoms with E-state index < -0.39 is 0 Å². The van der Waals surface area contributed by atoms with Crippen LogP contribution in [-0.2, 0) is 13.6 Å². The second-order valence-electron chi connectivity index (χ2n) is 4.77. The van der Waals surface area contributed by atoms with E-state index in [1.54, 1.807) is 36.0 Å². The maximum atomic E-state index is 13.8. The van der Waals surface area contributed by atoms with E-state index in [1.165, 1.54) is 6.07 Å². The quantitative estimate of drug-likeness (QED) is 0.803. The summed E-state index contributed by atoms with van der Waals surface area (Å²) in [5.74, 6) is -0.586. The Balaban J connectivity index is 1.85. The molecule has 0 atom stereocenters. The normalized spacial score (nSPS) is 10.8. The number of hydrogen-bond acceptors (Lipinski definition) is 2. The van der Waals surface area contributed by atoms with Gasteiger partial charge in [-0.2, -0.15) is 0 Å². The fourth-order valence-corrected chi connectivity index (χ4v) is 2.35. The number of carbonyl (C=O) groups excluding carboxylic acids is 1. The number of pyridine rings is 1. The molecule has 0 saturated heterocycles. The number of halogens is 1. The van der Waals surface area contributed by atoms with Gasteiger partial charge in [-0.25, -0.2) is 4.39 Å². The van der Waals surface area contributed by atoms with Gasteiger partial charge in [-0.05, 0) is 24.3 Å². The van der Waals surface area contributed by atoms with Crippen molar-refractivity contribution in [3.63, 3.8) is 0 Å². The third kappa shape index (κ3) is 2.50. The van der Waals surface area contributed by atoms with Crippen molar-refractivity contribution in [2.45, 2.75) is 6.54 Å². The molecule has 0 bridgehead atoms. The fourth-order valence-electron chi connectivity index (χ4n) is 2.35. The van der Waals surface area contributed by atoms with Gasteiger partial charge in [0.25, 0.3) is 5.91 Å². The van der Waals surface area contributed by atoms with Gasteiger partial charge >= 0.3 is 0 Å². The van der Waals surface area contributed by atoms with E-state index in [0.717, 1.165) is 5.69 Å². The molecule has 21 heavy (non-hydrogen) atoms. The summed E-state index contributed by atoms with van der Waals surface area (Å²) in [4.78, 5) is 16.4. The number of para-hydroxylation sites is 1. The van der Waals surface area contributed by atoms with Crippen LogP contribution in [0.4, 0.5) is 4.39 Å². The van der Waals surface area contributed by atoms with Crippen LogP contribution in [0.15, 0.2) is 48.7 Å². The highest BCUT2D eigenvalue weighted by molar-refractivity contribution is 5.98. The van der Waals surface area contributed by atoms with Crippen molar-refractivity contribution in [3.05, 3.63) is 65.9 Å². The first-order valence-electron chi connectivity index (χ1n) is 6.59. The van der Waals surface area contributed by atoms with Crippen molar-refractivity contribution in [2.75, 3.05) is 0 Å². The lowest BCUT2D eigenvalue weighted by molar-refractivity contribution is 0.0942. The summed E-state index contributed by atoms with van der Waals surface area (Å²) in [5, 5.41) is 3.50. The molecule has 2 heterocycles. The van der Waals surface area contributed by atoms with Gasteiger partial charge in [0, 0.05) is 18.6 Å². The number of aromatic nitrogens is 2. The highest BCUT2D eigenvalue weighted by atomic mass is 19.1. The Labute approximate surface area is 121 Å². The van der Waals surface area contributed by atoms with E-state index in [2.05, 4.69) is 10.3 Å². The molecule has 0 aliphatic heterocycles. The predicted molar refractivity (Wildman–Crippen MR) is 78.3 cm³/mol. The molecule has 0 saturated carbocycles. The van der Waals surface area contributed by atoms with Crippen molar-refractivity contribution in [2.24, 2.45) is 7.05 Å². The topological polar surface area (TPSA) is 46.9 Å². The molecule has 3 aromatic rings. The van der Waals surface area contributed by atoms with E-state index in [9.17, 15) is 9.18 Å². The van der Waals surface area contributed by atoms with Crippen molar-refractivity contribution >= 4 is 16.8 Å². The maximum Gasteiger partial charge on any atom is 0.268 e. The van der Waals surface area contributed by atoms with Crippen molar-refractivity contribution in [1.82, 2.24) is 14.9 Å². The van der Waals surface area contributed by atoms with Crippen LogP contribution in [0.3, 0.4) is 0 Å². The van der Waals surface area contributed by atoms with Crippen LogP contribution in [-0.4, -0.2) is 15.5 Å². The number of benzene rings is 1. The Hall–Kier alpha value is -2.69. The lowest BCUT2D eigenvalue weighted by Crippen LogP contribution is -2.25. The standard InChI is InChI=1S/C16H14FN3O/c1-20-14(9-11-5-4-7-13(17)15(11)20)16(21)19-10-12-6-2-3-8-18-12/h2-9H,10H2,1H3,(H,19,21). The van der Waals surface area contributed by atoms with E-state index in [-0.39, 0.29) is 11.7 Å². The number of rotatable bonds is 3. The molecule has 0 aliphatic carbocycles. The second kappa shape index (κ2) is 5.36. The van der Waals surface area contributed by atoms with Crippen LogP contribution in [0.25, 0.3) is 10.9 Å². The molecule has 1 N–H and O–H groups in total. The Morgan fingerprint density at radius 2 is 2.14 bits per heavy atom. The lowest BCUT2D eigenvalue weighted by atomic mass is 10.2. The molecule has 3 rings (SSSR count). The third-order valence-electron chi connectivity index (χ3n) is 3.40. The molecule has 0 aliphatic rings. The van der Waals surface area contributed by atoms with E-state index in [0.29, 0.717) is 23.1 Å². The SMILES string of the molecule is Cn1c(C(=O)NCc2ccccn2)cc2cccc(F)c21. The van der Waals surface area contributed by atoms with Crippen molar-refractivity contribution in [1.29, 1.82) is 0 Å². The average Bonchev–Trinajstić information content (AvgIpc) is 2.84. The predicted octanol–water partition coefficient (Wildman–Crippen LogP) is 2.64. The first kappa shape index (κ1) is 13.3. The molecule has 1 amide bonds. The first-order valence-corrected chi connectivity index (χ1v) is 6.59. The highest BCUT2D eigenvalue weighted by Gasteiger charge is 2.15. The molecule has 0 unspecified atom stereocenters. The van der Waals surface area contributed by atoms with Gasteiger partial charge in [0.05, 0.1) is 17.8 Å². The lowest BCUT2D eigenvalue weighted by Gasteiger charge is -2.06. The zero-order chi connectivity index (χ0) is 14.8. The van der Waals surface area contributed by atoms with Gasteiger partial charge in [-0.15, -0.1) is 0 Å². The number of amides is 1. The molecule has 5 heteroatoms. The first-order chi connectivity index (χ1) is 10.2. The molecule has 2 aromatic heterocycles. The number of fused-ring (bicyclic) bond motifs is 1. The van der Waals surface area contributed by atoms with Crippen LogP contribution in [0.1, 0.15) is 16.2 Å². The minimum absolute atomic E-state index is 0.251. The zero-order valence-corrected chi connectivity index (χ0v) is 11.5. The number of carbonyl (C=O) groups is 1. The monoisotopic (exact) mass is 283 g/mol. The highest BCUT2D eigenvalue weighted by Crippen LogP contribution is 2.21. The van der Waals surface area contributed by atoms with Gasteiger partial charge in [0.1, 0.15) is 11.5 Å². The number of hydrogen-bond donors (Lipinski definition) is 1. The second-order valence-corrected chi connectivity index (χ2v) is 4.77. The Bertz CT molecular complexity index is 796. The average molecular weight is 283 g/mol. The maximum absolute atomic E-state index is 13.8. The summed E-state index contributed by atoms with van der Waals surface area (Å²) in [7, 11) is 1.68. The summed E-state index contributed by atoms with van der Waals surface area (Å²) in [6.07, 6.45) is 1.67. The van der Waals surface area contributed by atoms with Gasteiger partial charge in [0.2, 0.25) is 0 Å². The summed E-state index contributed by atoms with van der Waals surface area (Å²) in [5.41, 5.74) is 1.63. The van der Waals surface area contributed by atoms with Gasteiger partial charge in [-0.3, -0.25) is 9.78 Å². The molecule has 106 valence electrons. The summed E-state index contributed by atoms with van der Waals surface area (Å²) in [6.45, 7) is 0.337. The van der Waals surface area contributed by atoms with Gasteiger partial charge in [0.15, 0.2) is 0 Å². The zero-order valence-electron chi connectivity index (χ0n) is 11.5. The minimum atomic E-state index is -0.334. The molecule has 0 spiro atoms. The Morgan fingerprint density at radius 3 is 2.86 bits per heavy atom. The molecule has 4 nitrogen and oxygen atoms in total. The van der Waals surface area contributed by atoms with E-state index >= 15 is 0 Å². The van der Waals surface area contributed by atoms with Crippen molar-refractivity contribution < 1.29 is 9.18 Å². The largest absolute Gasteiger partial charge is 0.345 e. The van der Waals surface area contributed by atoms with Crippen LogP contribution in [0.2, 0.25) is 0 Å². The van der Waals surface area contributed by atoms with Gasteiger partial charge in [-0.1, -0.05) is 18.2 Å². The van der Waals surface area contributed by atoms with Crippen LogP contribution >= 0.6 is 0 Å². The smallest absolute Gasteiger partial charge is 0.268 e. The summed E-state index contributed by atoms with van der Waals surface area (Å²) >= 11 is 0. The molecule has 0 radical (unpaired) electrons. The number of nitrogens with zero attached hydrogens (tertiary/aromatic N) is 2. The minimum Gasteiger partial charge on any atom is -0.345 e. The molecule has 1 aromatic carbocycles. The van der Waals surface area contributed by atoms with Crippen LogP contribution in [0.5, 0.6) is 0 Å². The van der Waals surface area contributed by atoms with Crippen LogP contribution in [0, 0.1) is 5.82 Å². The van der Waals surface area contributed by atoms with Crippen molar-refractivity contribution in [3.8, 4) is 0 Å². The summed E-state index contributed by atoms with van der Waals surface area (Å²) < 4.78 is 15.4. The molecular formula is C16H14FN3O. The number of aryl methyl sites for hydroxylation is 1. The fraction of sp³-hybridized carbons (Fsp3) is 0.125. The van der Waals surface area contributed by atoms with Crippen LogP contribution < -0.4 is 5.32 Å². The molecular weight excluding hydrogens is 269 g/mol. The van der Waals surface area contributed by atoms with Gasteiger partial charge < -0.3 is 9.88 Å². The Kier molecular flexibility index (Phi) is 3.39. The Morgan fingerprint density at radius 1 is 1.29 bits per heavy atom. The van der Waals surface area contributed by atoms with E-state index in [1.807, 2.05) is 18.2 Å². The summed E-state index contributed by atoms with van der Waals surface area (Å²) in [6, 6.07) is 12.0. The number of nitrogens with one attached hydrogen (secondary N) is 1. The van der Waals surface area contributed by atoms with E-state index in [4.69, 9.17) is 0 Å².